The van der Waals surface area contributed by atoms with E-state index in [9.17, 15) is 18.0 Å². The Morgan fingerprint density at radius 2 is 1.81 bits per heavy atom. The second-order valence-corrected chi connectivity index (χ2v) is 9.90. The van der Waals surface area contributed by atoms with Gasteiger partial charge in [0.25, 0.3) is 15.9 Å². The Balaban J connectivity index is 1.38. The molecule has 1 aliphatic heterocycles. The van der Waals surface area contributed by atoms with Gasteiger partial charge in [-0.2, -0.15) is 0 Å². The lowest BCUT2D eigenvalue weighted by molar-refractivity contribution is -0.121. The molecule has 0 saturated heterocycles. The van der Waals surface area contributed by atoms with Crippen molar-refractivity contribution < 1.29 is 18.0 Å². The van der Waals surface area contributed by atoms with Gasteiger partial charge in [0, 0.05) is 31.1 Å². The fourth-order valence-electron chi connectivity index (χ4n) is 4.24. The van der Waals surface area contributed by atoms with Gasteiger partial charge in [0.1, 0.15) is 0 Å². The molecule has 164 valence electrons. The molecule has 2 amide bonds. The molecule has 0 spiro atoms. The minimum absolute atomic E-state index is 0.0729. The van der Waals surface area contributed by atoms with Gasteiger partial charge >= 0.3 is 0 Å². The highest BCUT2D eigenvalue weighted by molar-refractivity contribution is 7.92. The van der Waals surface area contributed by atoms with Crippen LogP contribution < -0.4 is 14.9 Å². The topological polar surface area (TPSA) is 95.6 Å². The Hall–Kier alpha value is -2.87. The van der Waals surface area contributed by atoms with E-state index in [0.29, 0.717) is 18.7 Å². The van der Waals surface area contributed by atoms with Crippen LogP contribution in [-0.2, 0) is 21.2 Å². The molecule has 0 atom stereocenters. The first kappa shape index (κ1) is 21.4. The van der Waals surface area contributed by atoms with Crippen molar-refractivity contribution in [2.24, 2.45) is 0 Å². The number of hydrogen-bond acceptors (Lipinski definition) is 4. The summed E-state index contributed by atoms with van der Waals surface area (Å²) >= 11 is 0. The number of sulfonamides is 1. The van der Waals surface area contributed by atoms with Crippen LogP contribution in [0.1, 0.15) is 48.0 Å². The van der Waals surface area contributed by atoms with E-state index in [2.05, 4.69) is 10.6 Å². The molecule has 0 aromatic heterocycles. The van der Waals surface area contributed by atoms with Gasteiger partial charge in [-0.15, -0.1) is 0 Å². The minimum Gasteiger partial charge on any atom is -0.353 e. The zero-order valence-corrected chi connectivity index (χ0v) is 18.2. The number of carbonyl (C=O) groups excluding carboxylic acids is 2. The first-order chi connectivity index (χ1) is 14.9. The van der Waals surface area contributed by atoms with Crippen molar-refractivity contribution in [1.29, 1.82) is 0 Å². The Labute approximate surface area is 182 Å². The van der Waals surface area contributed by atoms with Crippen LogP contribution in [0.25, 0.3) is 0 Å². The van der Waals surface area contributed by atoms with Crippen LogP contribution >= 0.6 is 0 Å². The molecule has 31 heavy (non-hydrogen) atoms. The maximum atomic E-state index is 13.2. The molecule has 0 radical (unpaired) electrons. The molecule has 2 aromatic carbocycles. The van der Waals surface area contributed by atoms with Gasteiger partial charge in [-0.05, 0) is 49.1 Å². The number of amides is 2. The maximum Gasteiger partial charge on any atom is 0.264 e. The highest BCUT2D eigenvalue weighted by Gasteiger charge is 2.31. The zero-order chi connectivity index (χ0) is 21.8. The lowest BCUT2D eigenvalue weighted by atomic mass is 10.2. The van der Waals surface area contributed by atoms with E-state index < -0.39 is 15.9 Å². The summed E-state index contributed by atoms with van der Waals surface area (Å²) in [5.41, 5.74) is 1.94. The number of benzene rings is 2. The van der Waals surface area contributed by atoms with Crippen molar-refractivity contribution in [3.05, 3.63) is 59.7 Å². The smallest absolute Gasteiger partial charge is 0.264 e. The van der Waals surface area contributed by atoms with Crippen molar-refractivity contribution in [1.82, 2.24) is 10.6 Å². The van der Waals surface area contributed by atoms with Crippen molar-refractivity contribution in [3.8, 4) is 0 Å². The van der Waals surface area contributed by atoms with Gasteiger partial charge in [-0.1, -0.05) is 37.1 Å². The fraction of sp³-hybridized carbons (Fsp3) is 0.391. The van der Waals surface area contributed by atoms with Crippen LogP contribution in [0.3, 0.4) is 0 Å². The molecule has 8 heteroatoms. The maximum absolute atomic E-state index is 13.2. The van der Waals surface area contributed by atoms with E-state index in [1.807, 2.05) is 18.2 Å². The molecular weight excluding hydrogens is 414 g/mol. The third kappa shape index (κ3) is 4.74. The van der Waals surface area contributed by atoms with E-state index in [-0.39, 0.29) is 35.4 Å². The van der Waals surface area contributed by atoms with Gasteiger partial charge in [0.15, 0.2) is 0 Å². The number of nitrogens with zero attached hydrogens (tertiary/aromatic N) is 1. The van der Waals surface area contributed by atoms with E-state index in [1.165, 1.54) is 16.4 Å². The molecule has 1 heterocycles. The Kier molecular flexibility index (Phi) is 6.27. The second-order valence-electron chi connectivity index (χ2n) is 8.04. The quantitative estimate of drug-likeness (QED) is 0.690. The molecule has 2 aromatic rings. The van der Waals surface area contributed by atoms with Gasteiger partial charge in [-0.3, -0.25) is 13.9 Å². The van der Waals surface area contributed by atoms with Crippen LogP contribution in [0.5, 0.6) is 0 Å². The number of hydrogen-bond donors (Lipinski definition) is 2. The molecule has 4 rings (SSSR count). The number of para-hydroxylation sites is 1. The average Bonchev–Trinajstić information content (AvgIpc) is 3.43. The van der Waals surface area contributed by atoms with Gasteiger partial charge < -0.3 is 10.6 Å². The first-order valence-electron chi connectivity index (χ1n) is 10.7. The SMILES string of the molecule is O=C(CCNC(=O)c1cccc(S(=O)(=O)N2CCc3ccccc32)c1)NC1CCCC1. The predicted octanol–water partition coefficient (Wildman–Crippen LogP) is 2.62. The molecule has 2 aliphatic rings. The number of anilines is 1. The Bertz CT molecular complexity index is 1080. The highest BCUT2D eigenvalue weighted by Crippen LogP contribution is 2.32. The largest absolute Gasteiger partial charge is 0.353 e. The van der Waals surface area contributed by atoms with Crippen LogP contribution in [0.2, 0.25) is 0 Å². The van der Waals surface area contributed by atoms with Crippen LogP contribution in [0.4, 0.5) is 5.69 Å². The first-order valence-corrected chi connectivity index (χ1v) is 12.2. The fourth-order valence-corrected chi connectivity index (χ4v) is 5.79. The van der Waals surface area contributed by atoms with Crippen molar-refractivity contribution in [2.45, 2.75) is 49.5 Å². The molecule has 1 saturated carbocycles. The van der Waals surface area contributed by atoms with E-state index >= 15 is 0 Å². The van der Waals surface area contributed by atoms with E-state index in [0.717, 1.165) is 31.2 Å². The predicted molar refractivity (Wildman–Crippen MR) is 118 cm³/mol. The van der Waals surface area contributed by atoms with Crippen LogP contribution in [0, 0.1) is 0 Å². The van der Waals surface area contributed by atoms with Gasteiger partial charge in [0.2, 0.25) is 5.91 Å². The monoisotopic (exact) mass is 441 g/mol. The number of carbonyl (C=O) groups is 2. The zero-order valence-electron chi connectivity index (χ0n) is 17.3. The molecule has 2 N–H and O–H groups in total. The molecule has 1 fully saturated rings. The molecule has 1 aliphatic carbocycles. The summed E-state index contributed by atoms with van der Waals surface area (Å²) in [6.07, 6.45) is 5.18. The number of rotatable bonds is 7. The highest BCUT2D eigenvalue weighted by atomic mass is 32.2. The summed E-state index contributed by atoms with van der Waals surface area (Å²) in [6, 6.07) is 13.7. The lowest BCUT2D eigenvalue weighted by Crippen LogP contribution is -2.35. The van der Waals surface area contributed by atoms with Gasteiger partial charge in [0.05, 0.1) is 10.6 Å². The summed E-state index contributed by atoms with van der Waals surface area (Å²) in [4.78, 5) is 24.6. The van der Waals surface area contributed by atoms with Gasteiger partial charge in [-0.25, -0.2) is 8.42 Å². The normalized spacial score (nSPS) is 16.2. The van der Waals surface area contributed by atoms with Crippen molar-refractivity contribution in [2.75, 3.05) is 17.4 Å². The van der Waals surface area contributed by atoms with E-state index in [1.54, 1.807) is 18.2 Å². The second kappa shape index (κ2) is 9.09. The lowest BCUT2D eigenvalue weighted by Gasteiger charge is -2.20. The van der Waals surface area contributed by atoms with Crippen LogP contribution in [0.15, 0.2) is 53.4 Å². The summed E-state index contributed by atoms with van der Waals surface area (Å²) in [5, 5.41) is 5.70. The Morgan fingerprint density at radius 1 is 1.03 bits per heavy atom. The Morgan fingerprint density at radius 3 is 2.61 bits per heavy atom. The summed E-state index contributed by atoms with van der Waals surface area (Å²) < 4.78 is 27.8. The molecule has 7 nitrogen and oxygen atoms in total. The summed E-state index contributed by atoms with van der Waals surface area (Å²) in [7, 11) is -3.77. The van der Waals surface area contributed by atoms with E-state index in [4.69, 9.17) is 0 Å². The average molecular weight is 442 g/mol. The standard InChI is InChI=1S/C23H27N3O4S/c27-22(25-19-8-2-3-9-19)12-14-24-23(28)18-7-5-10-20(16-18)31(29,30)26-15-13-17-6-1-4-11-21(17)26/h1,4-7,10-11,16,19H,2-3,8-9,12-15H2,(H,24,28)(H,25,27). The van der Waals surface area contributed by atoms with Crippen LogP contribution in [-0.4, -0.2) is 39.4 Å². The van der Waals surface area contributed by atoms with Crippen molar-refractivity contribution in [3.63, 3.8) is 0 Å². The number of nitrogens with one attached hydrogen (secondary N) is 2. The summed E-state index contributed by atoms with van der Waals surface area (Å²) in [6.45, 7) is 0.585. The summed E-state index contributed by atoms with van der Waals surface area (Å²) in [5.74, 6) is -0.469. The molecular formula is C23H27N3O4S. The molecule has 0 bridgehead atoms. The molecule has 0 unspecified atom stereocenters. The van der Waals surface area contributed by atoms with Crippen molar-refractivity contribution >= 4 is 27.5 Å². The third-order valence-electron chi connectivity index (χ3n) is 5.89. The third-order valence-corrected chi connectivity index (χ3v) is 7.70. The minimum atomic E-state index is -3.77. The number of fused-ring (bicyclic) bond motifs is 1.